The van der Waals surface area contributed by atoms with Crippen molar-refractivity contribution < 1.29 is 9.59 Å². The minimum absolute atomic E-state index is 0.0748. The first kappa shape index (κ1) is 22.8. The molecule has 30 heavy (non-hydrogen) atoms. The highest BCUT2D eigenvalue weighted by Gasteiger charge is 2.38. The normalized spacial score (nSPS) is 17.5. The van der Waals surface area contributed by atoms with E-state index in [9.17, 15) is 9.59 Å². The zero-order chi connectivity index (χ0) is 21.8. The highest BCUT2D eigenvalue weighted by molar-refractivity contribution is 9.11. The lowest BCUT2D eigenvalue weighted by Crippen LogP contribution is -2.33. The molecule has 0 spiro atoms. The van der Waals surface area contributed by atoms with Crippen molar-refractivity contribution >= 4 is 72.0 Å². The first-order valence-corrected chi connectivity index (χ1v) is 11.8. The van der Waals surface area contributed by atoms with Crippen LogP contribution in [-0.4, -0.2) is 33.7 Å². The number of halogens is 2. The van der Waals surface area contributed by atoms with Gasteiger partial charge in [0.05, 0.1) is 5.69 Å². The molecule has 1 saturated heterocycles. The average Bonchev–Trinajstić information content (AvgIpc) is 2.96. The summed E-state index contributed by atoms with van der Waals surface area (Å²) in [4.78, 5) is 31.8. The van der Waals surface area contributed by atoms with E-state index >= 15 is 0 Å². The summed E-state index contributed by atoms with van der Waals surface area (Å²) in [6.07, 6.45) is 1.73. The molecule has 0 aromatic heterocycles. The second-order valence-corrected chi connectivity index (χ2v) is 9.79. The van der Waals surface area contributed by atoms with Crippen LogP contribution in [-0.2, 0) is 9.59 Å². The summed E-state index contributed by atoms with van der Waals surface area (Å²) < 4.78 is 1.74. The summed E-state index contributed by atoms with van der Waals surface area (Å²) >= 11 is 8.23. The van der Waals surface area contributed by atoms with Crippen LogP contribution in [0.15, 0.2) is 63.0 Å². The highest BCUT2D eigenvalue weighted by atomic mass is 79.9. The highest BCUT2D eigenvalue weighted by Crippen LogP contribution is 2.35. The number of nitrogens with one attached hydrogen (secondary N) is 1. The number of hydrogen-bond acceptors (Lipinski definition) is 4. The number of rotatable bonds is 6. The molecule has 0 saturated carbocycles. The third-order valence-electron chi connectivity index (χ3n) is 4.57. The van der Waals surface area contributed by atoms with E-state index in [4.69, 9.17) is 0 Å². The largest absolute Gasteiger partial charge is 0.326 e. The van der Waals surface area contributed by atoms with Gasteiger partial charge in [0.15, 0.2) is 5.17 Å². The van der Waals surface area contributed by atoms with E-state index in [0.717, 1.165) is 25.8 Å². The van der Waals surface area contributed by atoms with Crippen LogP contribution in [0.4, 0.5) is 11.4 Å². The van der Waals surface area contributed by atoms with Crippen LogP contribution in [0.25, 0.3) is 0 Å². The summed E-state index contributed by atoms with van der Waals surface area (Å²) in [5, 5.41) is 2.99. The number of nitrogens with zero attached hydrogens (tertiary/aromatic N) is 2. The molecule has 0 radical (unpaired) electrons. The molecule has 1 heterocycles. The van der Waals surface area contributed by atoms with Crippen molar-refractivity contribution in [3.8, 4) is 0 Å². The number of amides is 2. The quantitative estimate of drug-likeness (QED) is 0.450. The Morgan fingerprint density at radius 3 is 2.60 bits per heavy atom. The molecule has 8 heteroatoms. The third-order valence-corrected chi connectivity index (χ3v) is 6.88. The number of amidine groups is 1. The number of benzene rings is 2. The van der Waals surface area contributed by atoms with Crippen LogP contribution in [0.5, 0.6) is 0 Å². The maximum Gasteiger partial charge on any atom is 0.242 e. The molecule has 0 unspecified atom stereocenters. The predicted octanol–water partition coefficient (Wildman–Crippen LogP) is 5.97. The maximum atomic E-state index is 12.9. The predicted molar refractivity (Wildman–Crippen MR) is 131 cm³/mol. The number of carbonyl (C=O) groups is 2. The molecular formula is C22H21Br2N3O2S. The van der Waals surface area contributed by atoms with E-state index in [1.807, 2.05) is 50.2 Å². The molecule has 0 bridgehead atoms. The van der Waals surface area contributed by atoms with Crippen LogP contribution < -0.4 is 5.32 Å². The number of aryl methyl sites for hydroxylation is 2. The number of aliphatic imine (C=N–C) groups is 1. The minimum atomic E-state index is -0.526. The Kier molecular flexibility index (Phi) is 7.55. The smallest absolute Gasteiger partial charge is 0.242 e. The molecule has 2 aromatic rings. The topological polar surface area (TPSA) is 61.8 Å². The molecule has 2 amide bonds. The van der Waals surface area contributed by atoms with Crippen molar-refractivity contribution in [3.63, 3.8) is 0 Å². The lowest BCUT2D eigenvalue weighted by molar-refractivity contribution is -0.127. The van der Waals surface area contributed by atoms with Crippen LogP contribution in [0.3, 0.4) is 0 Å². The standard InChI is InChI=1S/C22H21Br2N3O2S/c1-4-10-27-21(29)18(12-19(28)26-20-13(2)6-5-7-14(20)3)30-22(27)25-17-9-8-15(23)11-16(17)24/h4-9,11,18H,1,10,12H2,2-3H3,(H,26,28)/t18-/m0/s1. The van der Waals surface area contributed by atoms with Gasteiger partial charge in [-0.2, -0.15) is 0 Å². The second kappa shape index (κ2) is 9.94. The zero-order valence-corrected chi connectivity index (χ0v) is 20.6. The van der Waals surface area contributed by atoms with Gasteiger partial charge in [-0.25, -0.2) is 4.99 Å². The van der Waals surface area contributed by atoms with E-state index in [1.54, 1.807) is 11.0 Å². The van der Waals surface area contributed by atoms with Gasteiger partial charge in [-0.05, 0) is 59.1 Å². The molecular weight excluding hydrogens is 530 g/mol. The fraction of sp³-hybridized carbons (Fsp3) is 0.227. The van der Waals surface area contributed by atoms with Gasteiger partial charge >= 0.3 is 0 Å². The van der Waals surface area contributed by atoms with Crippen molar-refractivity contribution in [2.45, 2.75) is 25.5 Å². The first-order valence-electron chi connectivity index (χ1n) is 9.29. The van der Waals surface area contributed by atoms with E-state index in [0.29, 0.717) is 17.4 Å². The summed E-state index contributed by atoms with van der Waals surface area (Å²) in [7, 11) is 0. The summed E-state index contributed by atoms with van der Waals surface area (Å²) in [5.41, 5.74) is 3.49. The van der Waals surface area contributed by atoms with Gasteiger partial charge < -0.3 is 5.32 Å². The Bertz CT molecular complexity index is 1020. The summed E-state index contributed by atoms with van der Waals surface area (Å²) in [6.45, 7) is 7.98. The molecule has 1 N–H and O–H groups in total. The molecule has 2 aromatic carbocycles. The van der Waals surface area contributed by atoms with Gasteiger partial charge in [0.25, 0.3) is 0 Å². The Labute approximate surface area is 197 Å². The molecule has 1 aliphatic heterocycles. The fourth-order valence-electron chi connectivity index (χ4n) is 3.07. The van der Waals surface area contributed by atoms with Crippen molar-refractivity contribution in [1.29, 1.82) is 0 Å². The van der Waals surface area contributed by atoms with Crippen LogP contribution in [0.2, 0.25) is 0 Å². The molecule has 1 fully saturated rings. The van der Waals surface area contributed by atoms with Gasteiger partial charge in [0.2, 0.25) is 11.8 Å². The van der Waals surface area contributed by atoms with E-state index in [-0.39, 0.29) is 18.2 Å². The third kappa shape index (κ3) is 5.22. The fourth-order valence-corrected chi connectivity index (χ4v) is 5.36. The molecule has 1 atom stereocenters. The average molecular weight is 551 g/mol. The Morgan fingerprint density at radius 1 is 1.27 bits per heavy atom. The zero-order valence-electron chi connectivity index (χ0n) is 16.6. The van der Waals surface area contributed by atoms with E-state index < -0.39 is 5.25 Å². The second-order valence-electron chi connectivity index (χ2n) is 6.85. The number of hydrogen-bond donors (Lipinski definition) is 1. The lowest BCUT2D eigenvalue weighted by Gasteiger charge is -2.14. The Morgan fingerprint density at radius 2 is 1.97 bits per heavy atom. The minimum Gasteiger partial charge on any atom is -0.326 e. The molecule has 1 aliphatic rings. The summed E-state index contributed by atoms with van der Waals surface area (Å²) in [5.74, 6) is -0.327. The summed E-state index contributed by atoms with van der Waals surface area (Å²) in [6, 6.07) is 11.5. The molecule has 156 valence electrons. The van der Waals surface area contributed by atoms with Crippen LogP contribution in [0.1, 0.15) is 17.5 Å². The first-order chi connectivity index (χ1) is 14.3. The van der Waals surface area contributed by atoms with Gasteiger partial charge in [0.1, 0.15) is 5.25 Å². The van der Waals surface area contributed by atoms with Gasteiger partial charge in [0, 0.05) is 27.6 Å². The molecule has 3 rings (SSSR count). The van der Waals surface area contributed by atoms with Gasteiger partial charge in [-0.3, -0.25) is 14.5 Å². The van der Waals surface area contributed by atoms with Crippen molar-refractivity contribution in [2.24, 2.45) is 4.99 Å². The number of carbonyl (C=O) groups excluding carboxylic acids is 2. The SMILES string of the molecule is C=CCN1C(=O)[C@H](CC(=O)Nc2c(C)cccc2C)SC1=Nc1ccc(Br)cc1Br. The van der Waals surface area contributed by atoms with E-state index in [2.05, 4.69) is 48.7 Å². The van der Waals surface area contributed by atoms with Crippen LogP contribution in [0, 0.1) is 13.8 Å². The Hall–Kier alpha value is -1.90. The van der Waals surface area contributed by atoms with Crippen molar-refractivity contribution in [3.05, 3.63) is 69.1 Å². The number of anilines is 1. The monoisotopic (exact) mass is 549 g/mol. The van der Waals surface area contributed by atoms with Gasteiger partial charge in [-0.15, -0.1) is 6.58 Å². The Balaban J connectivity index is 1.79. The number of para-hydroxylation sites is 1. The molecule has 0 aliphatic carbocycles. The van der Waals surface area contributed by atoms with E-state index in [1.165, 1.54) is 11.8 Å². The molecule has 5 nitrogen and oxygen atoms in total. The maximum absolute atomic E-state index is 12.9. The number of thioether (sulfide) groups is 1. The van der Waals surface area contributed by atoms with Gasteiger partial charge in [-0.1, -0.05) is 52.0 Å². The van der Waals surface area contributed by atoms with Crippen molar-refractivity contribution in [2.75, 3.05) is 11.9 Å². The van der Waals surface area contributed by atoms with Crippen molar-refractivity contribution in [1.82, 2.24) is 4.90 Å². The van der Waals surface area contributed by atoms with Crippen LogP contribution >= 0.6 is 43.6 Å². The lowest BCUT2D eigenvalue weighted by atomic mass is 10.1.